The summed E-state index contributed by atoms with van der Waals surface area (Å²) in [5.41, 5.74) is 1.29. The van der Waals surface area contributed by atoms with Gasteiger partial charge in [-0.3, -0.25) is 4.79 Å². The Hall–Kier alpha value is -2.14. The molecular formula is C16H19NO4. The van der Waals surface area contributed by atoms with Crippen LogP contribution >= 0.6 is 0 Å². The molecule has 1 aliphatic rings. The predicted molar refractivity (Wildman–Crippen MR) is 79.0 cm³/mol. The topological polar surface area (TPSA) is 75.6 Å². The van der Waals surface area contributed by atoms with Crippen molar-refractivity contribution in [2.75, 3.05) is 13.2 Å². The first-order valence-corrected chi connectivity index (χ1v) is 7.06. The zero-order chi connectivity index (χ0) is 15.1. The van der Waals surface area contributed by atoms with Crippen molar-refractivity contribution in [3.63, 3.8) is 0 Å². The highest BCUT2D eigenvalue weighted by Gasteiger charge is 2.15. The third-order valence-electron chi connectivity index (χ3n) is 3.36. The van der Waals surface area contributed by atoms with Crippen molar-refractivity contribution in [1.29, 1.82) is 0 Å². The van der Waals surface area contributed by atoms with Crippen molar-refractivity contribution in [3.05, 3.63) is 41.5 Å². The molecular weight excluding hydrogens is 270 g/mol. The van der Waals surface area contributed by atoms with Gasteiger partial charge in [0.2, 0.25) is 0 Å². The largest absolute Gasteiger partial charge is 0.478 e. The van der Waals surface area contributed by atoms with Crippen molar-refractivity contribution in [2.45, 2.75) is 25.4 Å². The first-order valence-electron chi connectivity index (χ1n) is 7.06. The fraction of sp³-hybridized carbons (Fsp3) is 0.375. The van der Waals surface area contributed by atoms with Gasteiger partial charge in [0, 0.05) is 24.8 Å². The van der Waals surface area contributed by atoms with E-state index in [1.807, 2.05) is 0 Å². The van der Waals surface area contributed by atoms with Crippen LogP contribution in [0.5, 0.6) is 0 Å². The zero-order valence-corrected chi connectivity index (χ0v) is 11.7. The fourth-order valence-corrected chi connectivity index (χ4v) is 2.19. The summed E-state index contributed by atoms with van der Waals surface area (Å²) in [6.45, 7) is 1.30. The molecule has 0 radical (unpaired) electrons. The van der Waals surface area contributed by atoms with Gasteiger partial charge in [0.25, 0.3) is 5.91 Å². The number of aliphatic carboxylic acids is 1. The normalized spacial score (nSPS) is 18.6. The predicted octanol–water partition coefficient (Wildman–Crippen LogP) is 2.08. The van der Waals surface area contributed by atoms with Crippen molar-refractivity contribution < 1.29 is 19.4 Å². The summed E-state index contributed by atoms with van der Waals surface area (Å²) < 4.78 is 5.56. The molecule has 5 nitrogen and oxygen atoms in total. The third kappa shape index (κ3) is 5.04. The van der Waals surface area contributed by atoms with Crippen LogP contribution in [0.1, 0.15) is 35.2 Å². The van der Waals surface area contributed by atoms with Crippen molar-refractivity contribution >= 4 is 18.0 Å². The number of carbonyl (C=O) groups is 2. The number of nitrogens with one attached hydrogen (secondary N) is 1. The number of carboxylic acid groups (broad SMARTS) is 1. The zero-order valence-electron chi connectivity index (χ0n) is 11.7. The van der Waals surface area contributed by atoms with Gasteiger partial charge in [0.15, 0.2) is 0 Å². The van der Waals surface area contributed by atoms with Crippen molar-refractivity contribution in [1.82, 2.24) is 5.32 Å². The van der Waals surface area contributed by atoms with Gasteiger partial charge < -0.3 is 15.2 Å². The molecule has 2 rings (SSSR count). The smallest absolute Gasteiger partial charge is 0.328 e. The Kier molecular flexibility index (Phi) is 5.51. The monoisotopic (exact) mass is 289 g/mol. The lowest BCUT2D eigenvalue weighted by molar-refractivity contribution is -0.131. The lowest BCUT2D eigenvalue weighted by atomic mass is 10.1. The van der Waals surface area contributed by atoms with Gasteiger partial charge in [-0.25, -0.2) is 4.79 Å². The first-order chi connectivity index (χ1) is 10.1. The number of rotatable bonds is 5. The average molecular weight is 289 g/mol. The Labute approximate surface area is 123 Å². The second-order valence-electron chi connectivity index (χ2n) is 4.99. The van der Waals surface area contributed by atoms with Crippen LogP contribution in [0.25, 0.3) is 6.08 Å². The Morgan fingerprint density at radius 3 is 2.67 bits per heavy atom. The number of carboxylic acids is 1. The molecule has 1 heterocycles. The molecule has 1 amide bonds. The highest BCUT2D eigenvalue weighted by atomic mass is 16.5. The molecule has 5 heteroatoms. The number of amides is 1. The highest BCUT2D eigenvalue weighted by molar-refractivity contribution is 5.94. The minimum Gasteiger partial charge on any atom is -0.478 e. The van der Waals surface area contributed by atoms with E-state index in [-0.39, 0.29) is 12.0 Å². The number of hydrogen-bond acceptors (Lipinski definition) is 3. The molecule has 0 bridgehead atoms. The van der Waals surface area contributed by atoms with E-state index >= 15 is 0 Å². The molecule has 1 aromatic rings. The van der Waals surface area contributed by atoms with Crippen molar-refractivity contribution in [2.24, 2.45) is 0 Å². The molecule has 1 aliphatic heterocycles. The van der Waals surface area contributed by atoms with Crippen LogP contribution in [-0.4, -0.2) is 36.2 Å². The van der Waals surface area contributed by atoms with E-state index in [9.17, 15) is 9.59 Å². The third-order valence-corrected chi connectivity index (χ3v) is 3.36. The second kappa shape index (κ2) is 7.59. The molecule has 112 valence electrons. The van der Waals surface area contributed by atoms with E-state index in [2.05, 4.69) is 5.32 Å². The molecule has 0 aliphatic carbocycles. The quantitative estimate of drug-likeness (QED) is 0.814. The van der Waals surface area contributed by atoms with Gasteiger partial charge >= 0.3 is 5.97 Å². The number of carbonyl (C=O) groups excluding carboxylic acids is 1. The molecule has 1 atom stereocenters. The van der Waals surface area contributed by atoms with Crippen LogP contribution < -0.4 is 5.32 Å². The Bertz CT molecular complexity index is 516. The maximum absolute atomic E-state index is 12.0. The SMILES string of the molecule is O=C(O)C=Cc1ccc(C(=O)NCC2CCCCO2)cc1. The van der Waals surface area contributed by atoms with E-state index in [4.69, 9.17) is 9.84 Å². The molecule has 0 aromatic heterocycles. The molecule has 1 aromatic carbocycles. The summed E-state index contributed by atoms with van der Waals surface area (Å²) in [4.78, 5) is 22.4. The summed E-state index contributed by atoms with van der Waals surface area (Å²) in [5, 5.41) is 11.4. The minimum atomic E-state index is -0.996. The molecule has 2 N–H and O–H groups in total. The van der Waals surface area contributed by atoms with Gasteiger partial charge in [-0.1, -0.05) is 12.1 Å². The average Bonchev–Trinajstić information content (AvgIpc) is 2.52. The number of hydrogen-bond donors (Lipinski definition) is 2. The summed E-state index contributed by atoms with van der Waals surface area (Å²) >= 11 is 0. The fourth-order valence-electron chi connectivity index (χ4n) is 2.19. The van der Waals surface area contributed by atoms with Crippen LogP contribution in [0.3, 0.4) is 0 Å². The van der Waals surface area contributed by atoms with E-state index in [1.165, 1.54) is 6.08 Å². The molecule has 1 unspecified atom stereocenters. The van der Waals surface area contributed by atoms with Crippen LogP contribution in [0.4, 0.5) is 0 Å². The molecule has 21 heavy (non-hydrogen) atoms. The van der Waals surface area contributed by atoms with Crippen LogP contribution in [0.15, 0.2) is 30.3 Å². The summed E-state index contributed by atoms with van der Waals surface area (Å²) in [5.74, 6) is -1.14. The van der Waals surface area contributed by atoms with Crippen LogP contribution in [0, 0.1) is 0 Å². The summed E-state index contributed by atoms with van der Waals surface area (Å²) in [7, 11) is 0. The number of ether oxygens (including phenoxy) is 1. The molecule has 1 fully saturated rings. The second-order valence-corrected chi connectivity index (χ2v) is 4.99. The van der Waals surface area contributed by atoms with Gasteiger partial charge in [-0.2, -0.15) is 0 Å². The maximum atomic E-state index is 12.0. The first kappa shape index (κ1) is 15.3. The van der Waals surface area contributed by atoms with Gasteiger partial charge in [-0.15, -0.1) is 0 Å². The van der Waals surface area contributed by atoms with E-state index in [0.29, 0.717) is 12.1 Å². The summed E-state index contributed by atoms with van der Waals surface area (Å²) in [6, 6.07) is 6.79. The molecule has 1 saturated heterocycles. The number of benzene rings is 1. The Balaban J connectivity index is 1.85. The van der Waals surface area contributed by atoms with Crippen LogP contribution in [0.2, 0.25) is 0 Å². The van der Waals surface area contributed by atoms with E-state index < -0.39 is 5.97 Å². The lowest BCUT2D eigenvalue weighted by Crippen LogP contribution is -2.35. The van der Waals surface area contributed by atoms with Gasteiger partial charge in [0.1, 0.15) is 0 Å². The lowest BCUT2D eigenvalue weighted by Gasteiger charge is -2.22. The molecule has 0 saturated carbocycles. The van der Waals surface area contributed by atoms with Crippen molar-refractivity contribution in [3.8, 4) is 0 Å². The van der Waals surface area contributed by atoms with Gasteiger partial charge in [0.05, 0.1) is 6.10 Å². The maximum Gasteiger partial charge on any atom is 0.328 e. The van der Waals surface area contributed by atoms with Crippen LogP contribution in [-0.2, 0) is 9.53 Å². The van der Waals surface area contributed by atoms with E-state index in [0.717, 1.165) is 37.5 Å². The Morgan fingerprint density at radius 2 is 2.05 bits per heavy atom. The minimum absolute atomic E-state index is 0.112. The highest BCUT2D eigenvalue weighted by Crippen LogP contribution is 2.12. The molecule has 0 spiro atoms. The van der Waals surface area contributed by atoms with Gasteiger partial charge in [-0.05, 0) is 43.0 Å². The summed E-state index contributed by atoms with van der Waals surface area (Å²) in [6.07, 6.45) is 5.88. The van der Waals surface area contributed by atoms with E-state index in [1.54, 1.807) is 24.3 Å². The Morgan fingerprint density at radius 1 is 1.29 bits per heavy atom. The standard InChI is InChI=1S/C16H19NO4/c18-15(19)9-6-12-4-7-13(8-5-12)16(20)17-11-14-3-1-2-10-21-14/h4-9,14H,1-3,10-11H2,(H,17,20)(H,18,19).